The molecule has 100 valence electrons. The Morgan fingerprint density at radius 2 is 2.16 bits per heavy atom. The van der Waals surface area contributed by atoms with Gasteiger partial charge in [0.2, 0.25) is 0 Å². The van der Waals surface area contributed by atoms with Gasteiger partial charge in [-0.05, 0) is 35.5 Å². The molecular formula is C12H10BrClN2O2S. The van der Waals surface area contributed by atoms with Crippen molar-refractivity contribution in [1.82, 2.24) is 4.90 Å². The Labute approximate surface area is 128 Å². The molecule has 0 aromatic heterocycles. The normalized spacial score (nSPS) is 17.6. The third-order valence-corrected chi connectivity index (χ3v) is 4.30. The van der Waals surface area contributed by atoms with Gasteiger partial charge in [-0.25, -0.2) is 0 Å². The summed E-state index contributed by atoms with van der Waals surface area (Å²) < 4.78 is 0.769. The van der Waals surface area contributed by atoms with E-state index in [9.17, 15) is 9.59 Å². The highest BCUT2D eigenvalue weighted by molar-refractivity contribution is 9.10. The second-order valence-corrected chi connectivity index (χ2v) is 6.07. The monoisotopic (exact) mass is 360 g/mol. The summed E-state index contributed by atoms with van der Waals surface area (Å²) in [4.78, 5) is 25.2. The molecule has 0 bridgehead atoms. The van der Waals surface area contributed by atoms with Gasteiger partial charge in [-0.3, -0.25) is 14.5 Å². The minimum atomic E-state index is -0.303. The molecule has 2 amide bonds. The number of amides is 2. The molecule has 1 aromatic rings. The molecule has 0 unspecified atom stereocenters. The van der Waals surface area contributed by atoms with Crippen LogP contribution in [0.2, 0.25) is 5.02 Å². The van der Waals surface area contributed by atoms with Gasteiger partial charge in [0.05, 0.1) is 4.91 Å². The van der Waals surface area contributed by atoms with Crippen LogP contribution in [0.4, 0.5) is 4.79 Å². The van der Waals surface area contributed by atoms with Crippen molar-refractivity contribution in [3.05, 3.63) is 38.2 Å². The molecule has 4 nitrogen and oxygen atoms in total. The maximum atomic E-state index is 12.0. The lowest BCUT2D eigenvalue weighted by molar-refractivity contribution is -0.122. The fourth-order valence-electron chi connectivity index (χ4n) is 1.58. The molecule has 1 aromatic carbocycles. The van der Waals surface area contributed by atoms with Crippen LogP contribution in [0.25, 0.3) is 6.08 Å². The number of hydrogen-bond acceptors (Lipinski definition) is 4. The highest BCUT2D eigenvalue weighted by Gasteiger charge is 2.34. The van der Waals surface area contributed by atoms with E-state index >= 15 is 0 Å². The second kappa shape index (κ2) is 6.09. The molecule has 1 aliphatic heterocycles. The van der Waals surface area contributed by atoms with Crippen molar-refractivity contribution in [2.24, 2.45) is 5.73 Å². The predicted molar refractivity (Wildman–Crippen MR) is 80.9 cm³/mol. The zero-order valence-electron chi connectivity index (χ0n) is 9.73. The zero-order chi connectivity index (χ0) is 14.0. The Morgan fingerprint density at radius 1 is 1.42 bits per heavy atom. The lowest BCUT2D eigenvalue weighted by atomic mass is 10.2. The standard InChI is InChI=1S/C12H10BrClN2O2S/c13-9-6-8(14)2-1-7(9)5-10-11(17)16(4-3-15)12(18)19-10/h1-2,5-6H,3-4,15H2/b10-5+. The van der Waals surface area contributed by atoms with Gasteiger partial charge < -0.3 is 5.73 Å². The number of thioether (sulfide) groups is 1. The fourth-order valence-corrected chi connectivity index (χ4v) is 3.23. The van der Waals surface area contributed by atoms with Crippen LogP contribution in [-0.2, 0) is 4.79 Å². The second-order valence-electron chi connectivity index (χ2n) is 3.79. The SMILES string of the molecule is NCCN1C(=O)S/C(=C/c2ccc(Cl)cc2Br)C1=O. The first-order chi connectivity index (χ1) is 9.02. The van der Waals surface area contributed by atoms with Crippen molar-refractivity contribution in [2.45, 2.75) is 0 Å². The summed E-state index contributed by atoms with van der Waals surface area (Å²) in [5.74, 6) is -0.303. The smallest absolute Gasteiger partial charge is 0.293 e. The highest BCUT2D eigenvalue weighted by atomic mass is 79.9. The van der Waals surface area contributed by atoms with Gasteiger partial charge in [-0.1, -0.05) is 33.6 Å². The van der Waals surface area contributed by atoms with E-state index in [0.29, 0.717) is 9.93 Å². The van der Waals surface area contributed by atoms with E-state index in [0.717, 1.165) is 26.7 Å². The Bertz CT molecular complexity index is 577. The number of carbonyl (C=O) groups is 2. The molecule has 1 fully saturated rings. The molecule has 0 radical (unpaired) electrons. The summed E-state index contributed by atoms with van der Waals surface area (Å²) in [6, 6.07) is 5.24. The lowest BCUT2D eigenvalue weighted by Gasteiger charge is -2.09. The van der Waals surface area contributed by atoms with E-state index in [4.69, 9.17) is 17.3 Å². The van der Waals surface area contributed by atoms with E-state index in [1.165, 1.54) is 0 Å². The van der Waals surface area contributed by atoms with Gasteiger partial charge in [0, 0.05) is 22.6 Å². The number of halogens is 2. The average molecular weight is 362 g/mol. The predicted octanol–water partition coefficient (Wildman–Crippen LogP) is 3.10. The Balaban J connectivity index is 2.30. The number of hydrogen-bond donors (Lipinski definition) is 1. The van der Waals surface area contributed by atoms with Crippen molar-refractivity contribution in [3.63, 3.8) is 0 Å². The summed E-state index contributed by atoms with van der Waals surface area (Å²) in [5, 5.41) is 0.312. The molecule has 19 heavy (non-hydrogen) atoms. The van der Waals surface area contributed by atoms with Crippen LogP contribution in [0, 0.1) is 0 Å². The molecule has 0 spiro atoms. The van der Waals surface area contributed by atoms with E-state index < -0.39 is 0 Å². The zero-order valence-corrected chi connectivity index (χ0v) is 12.9. The number of nitrogens with zero attached hydrogens (tertiary/aromatic N) is 1. The van der Waals surface area contributed by atoms with E-state index in [1.807, 2.05) is 0 Å². The molecule has 0 saturated carbocycles. The third-order valence-electron chi connectivity index (χ3n) is 2.48. The van der Waals surface area contributed by atoms with Crippen molar-refractivity contribution in [1.29, 1.82) is 0 Å². The lowest BCUT2D eigenvalue weighted by Crippen LogP contribution is -2.33. The Kier molecular flexibility index (Phi) is 4.67. The Morgan fingerprint density at radius 3 is 2.79 bits per heavy atom. The van der Waals surface area contributed by atoms with Gasteiger partial charge in [-0.15, -0.1) is 0 Å². The number of rotatable bonds is 3. The minimum absolute atomic E-state index is 0.240. The number of imide groups is 1. The first-order valence-electron chi connectivity index (χ1n) is 5.43. The first-order valence-corrected chi connectivity index (χ1v) is 7.42. The largest absolute Gasteiger partial charge is 0.329 e. The Hall–Kier alpha value is -0.820. The van der Waals surface area contributed by atoms with Crippen LogP contribution in [0.3, 0.4) is 0 Å². The van der Waals surface area contributed by atoms with Crippen molar-refractivity contribution >= 4 is 56.5 Å². The van der Waals surface area contributed by atoms with Crippen LogP contribution in [0.5, 0.6) is 0 Å². The molecule has 2 rings (SSSR count). The molecule has 1 saturated heterocycles. The van der Waals surface area contributed by atoms with E-state index in [1.54, 1.807) is 24.3 Å². The van der Waals surface area contributed by atoms with Crippen LogP contribution in [0.15, 0.2) is 27.6 Å². The molecular weight excluding hydrogens is 352 g/mol. The first kappa shape index (κ1) is 14.6. The van der Waals surface area contributed by atoms with Gasteiger partial charge in [0.25, 0.3) is 11.1 Å². The van der Waals surface area contributed by atoms with Crippen LogP contribution in [-0.4, -0.2) is 29.1 Å². The van der Waals surface area contributed by atoms with Crippen LogP contribution in [0.1, 0.15) is 5.56 Å². The summed E-state index contributed by atoms with van der Waals surface area (Å²) in [7, 11) is 0. The van der Waals surface area contributed by atoms with Crippen molar-refractivity contribution in [3.8, 4) is 0 Å². The molecule has 7 heteroatoms. The van der Waals surface area contributed by atoms with Crippen molar-refractivity contribution in [2.75, 3.05) is 13.1 Å². The summed E-state index contributed by atoms with van der Waals surface area (Å²) >= 11 is 10.1. The van der Waals surface area contributed by atoms with Gasteiger partial charge in [-0.2, -0.15) is 0 Å². The summed E-state index contributed by atoms with van der Waals surface area (Å²) in [6.45, 7) is 0.500. The third kappa shape index (κ3) is 3.20. The van der Waals surface area contributed by atoms with Crippen molar-refractivity contribution < 1.29 is 9.59 Å². The number of benzene rings is 1. The molecule has 1 heterocycles. The summed E-state index contributed by atoms with van der Waals surface area (Å²) in [6.07, 6.45) is 1.67. The van der Waals surface area contributed by atoms with E-state index in [2.05, 4.69) is 15.9 Å². The van der Waals surface area contributed by atoms with E-state index in [-0.39, 0.29) is 24.2 Å². The maximum Gasteiger partial charge on any atom is 0.293 e. The summed E-state index contributed by atoms with van der Waals surface area (Å²) in [5.41, 5.74) is 6.17. The quantitative estimate of drug-likeness (QED) is 0.840. The van der Waals surface area contributed by atoms with Gasteiger partial charge in [0.15, 0.2) is 0 Å². The number of carbonyl (C=O) groups excluding carboxylic acids is 2. The average Bonchev–Trinajstić information content (AvgIpc) is 2.61. The van der Waals surface area contributed by atoms with Crippen LogP contribution < -0.4 is 5.73 Å². The fraction of sp³-hybridized carbons (Fsp3) is 0.167. The van der Waals surface area contributed by atoms with Gasteiger partial charge >= 0.3 is 0 Å². The molecule has 0 atom stereocenters. The molecule has 2 N–H and O–H groups in total. The topological polar surface area (TPSA) is 63.4 Å². The minimum Gasteiger partial charge on any atom is -0.329 e. The number of nitrogens with two attached hydrogens (primary N) is 1. The van der Waals surface area contributed by atoms with Gasteiger partial charge in [0.1, 0.15) is 0 Å². The maximum absolute atomic E-state index is 12.0. The molecule has 0 aliphatic carbocycles. The van der Waals surface area contributed by atoms with Crippen LogP contribution >= 0.6 is 39.3 Å². The highest BCUT2D eigenvalue weighted by Crippen LogP contribution is 2.33. The molecule has 1 aliphatic rings.